The molecule has 1 saturated heterocycles. The zero-order valence-electron chi connectivity index (χ0n) is 33.1. The molecular weight excluding hydrogens is 640 g/mol. The van der Waals surface area contributed by atoms with Crippen molar-refractivity contribution in [1.29, 1.82) is 0 Å². The Morgan fingerprint density at radius 1 is 1.08 bits per heavy atom. The van der Waals surface area contributed by atoms with Gasteiger partial charge in [-0.15, -0.1) is 0 Å². The number of ether oxygens (including phenoxy) is 1. The van der Waals surface area contributed by atoms with Gasteiger partial charge in [0.2, 0.25) is 5.95 Å². The number of rotatable bonds is 9. The van der Waals surface area contributed by atoms with Crippen LogP contribution < -0.4 is 15.2 Å². The number of aldehydes is 1. The second-order valence-corrected chi connectivity index (χ2v) is 12.6. The van der Waals surface area contributed by atoms with E-state index in [2.05, 4.69) is 44.2 Å². The van der Waals surface area contributed by atoms with E-state index in [1.165, 1.54) is 49.1 Å². The molecule has 0 atom stereocenters. The first-order valence-corrected chi connectivity index (χ1v) is 19.0. The zero-order valence-corrected chi connectivity index (χ0v) is 33.1. The fourth-order valence-corrected chi connectivity index (χ4v) is 5.14. The van der Waals surface area contributed by atoms with Crippen LogP contribution in [0.25, 0.3) is 17.0 Å². The third-order valence-electron chi connectivity index (χ3n) is 8.37. The van der Waals surface area contributed by atoms with Gasteiger partial charge >= 0.3 is 0 Å². The molecule has 9 heteroatoms. The lowest BCUT2D eigenvalue weighted by atomic mass is 10.1. The molecule has 0 radical (unpaired) electrons. The molecule has 0 spiro atoms. The number of hydrogen-bond acceptors (Lipinski definition) is 8. The fourth-order valence-electron chi connectivity index (χ4n) is 5.14. The van der Waals surface area contributed by atoms with Crippen molar-refractivity contribution >= 4 is 46.8 Å². The number of anilines is 3. The highest BCUT2D eigenvalue weighted by Gasteiger charge is 2.22. The smallest absolute Gasteiger partial charge is 0.257 e. The van der Waals surface area contributed by atoms with Gasteiger partial charge in [-0.3, -0.25) is 14.4 Å². The number of aromatic nitrogens is 2. The summed E-state index contributed by atoms with van der Waals surface area (Å²) in [5.74, 6) is 2.09. The van der Waals surface area contributed by atoms with Crippen molar-refractivity contribution < 1.29 is 18.7 Å². The van der Waals surface area contributed by atoms with Crippen molar-refractivity contribution in [1.82, 2.24) is 9.97 Å². The largest absolute Gasteiger partial charge is 0.440 e. The molecule has 0 unspecified atom stereocenters. The Bertz CT molecular complexity index is 1570. The molecular formula is C42H64N4O5. The number of benzene rings is 1. The summed E-state index contributed by atoms with van der Waals surface area (Å²) in [5.41, 5.74) is 2.55. The van der Waals surface area contributed by atoms with E-state index in [-0.39, 0.29) is 11.4 Å². The predicted molar refractivity (Wildman–Crippen MR) is 214 cm³/mol. The van der Waals surface area contributed by atoms with E-state index in [4.69, 9.17) is 9.15 Å². The molecule has 2 aromatic heterocycles. The van der Waals surface area contributed by atoms with Crippen LogP contribution in [0.5, 0.6) is 0 Å². The summed E-state index contributed by atoms with van der Waals surface area (Å²) >= 11 is 0. The number of morpholine rings is 1. The van der Waals surface area contributed by atoms with Gasteiger partial charge in [-0.2, -0.15) is 0 Å². The van der Waals surface area contributed by atoms with Crippen LogP contribution in [-0.2, 0) is 14.3 Å². The molecule has 1 aliphatic heterocycles. The van der Waals surface area contributed by atoms with Crippen molar-refractivity contribution in [2.45, 2.75) is 114 Å². The summed E-state index contributed by atoms with van der Waals surface area (Å²) < 4.78 is 11.5. The maximum atomic E-state index is 12.9. The van der Waals surface area contributed by atoms with Crippen LogP contribution in [-0.4, -0.2) is 48.5 Å². The molecule has 2 aliphatic rings. The number of hydrogen-bond donors (Lipinski definition) is 0. The summed E-state index contributed by atoms with van der Waals surface area (Å²) in [6.45, 7) is 26.7. The van der Waals surface area contributed by atoms with Crippen LogP contribution in [0.4, 0.5) is 17.5 Å². The summed E-state index contributed by atoms with van der Waals surface area (Å²) in [7, 11) is 0. The quantitative estimate of drug-likeness (QED) is 0.160. The van der Waals surface area contributed by atoms with Gasteiger partial charge in [0.05, 0.1) is 30.0 Å². The fraction of sp³-hybridized carbons (Fsp3) is 0.548. The number of fused-ring (bicyclic) bond motifs is 1. The zero-order chi connectivity index (χ0) is 38.3. The van der Waals surface area contributed by atoms with Gasteiger partial charge in [0.1, 0.15) is 11.9 Å². The highest BCUT2D eigenvalue weighted by Crippen LogP contribution is 2.29. The van der Waals surface area contributed by atoms with E-state index in [0.717, 1.165) is 24.5 Å². The molecule has 1 aromatic carbocycles. The Morgan fingerprint density at radius 3 is 2.20 bits per heavy atom. The van der Waals surface area contributed by atoms with E-state index in [1.807, 2.05) is 39.5 Å². The number of nitrogens with zero attached hydrogens (tertiary/aromatic N) is 4. The van der Waals surface area contributed by atoms with E-state index in [9.17, 15) is 14.4 Å². The van der Waals surface area contributed by atoms with Gasteiger partial charge in [-0.05, 0) is 55.0 Å². The number of amides is 1. The third kappa shape index (κ3) is 14.6. The average Bonchev–Trinajstić information content (AvgIpc) is 3.65. The first-order chi connectivity index (χ1) is 24.6. The van der Waals surface area contributed by atoms with Crippen molar-refractivity contribution in [3.63, 3.8) is 0 Å². The Hall–Kier alpha value is -4.11. The molecule has 2 fully saturated rings. The lowest BCUT2D eigenvalue weighted by molar-refractivity contribution is -0.113. The Kier molecular flexibility index (Phi) is 22.0. The molecule has 1 aliphatic carbocycles. The second kappa shape index (κ2) is 24.9. The standard InChI is InChI=1S/C27H28N4O5.C6H12.C5H12.2C2H6/c1-4-6-19(17-32)13-20-16-28-27(29-18(20)3)31(25(34)5-2)21-7-8-22-23(33)15-26(36-24(22)14-21)30-9-11-35-12-10-30;1-6-4-2-3-5-6;1-4-5(2)3;2*1-2/h5,7-8,13-17H,2,4,6,9-12H2,1,3H3;6H,2-5H2,1H3;5H,4H2,1-3H3;2*1-2H3/b19-13+;;;;. The molecule has 0 bridgehead atoms. The first-order valence-electron chi connectivity index (χ1n) is 19.0. The first kappa shape index (κ1) is 44.9. The third-order valence-corrected chi connectivity index (χ3v) is 8.37. The number of allylic oxidation sites excluding steroid dienone is 1. The van der Waals surface area contributed by atoms with Crippen LogP contribution in [0, 0.1) is 18.8 Å². The number of aryl methyl sites for hydroxylation is 1. The van der Waals surface area contributed by atoms with Crippen molar-refractivity contribution in [3.8, 4) is 0 Å². The molecule has 1 saturated carbocycles. The average molecular weight is 705 g/mol. The molecule has 1 amide bonds. The number of carbonyl (C=O) groups excluding carboxylic acids is 2. The highest BCUT2D eigenvalue weighted by atomic mass is 16.5. The molecule has 51 heavy (non-hydrogen) atoms. The van der Waals surface area contributed by atoms with E-state index < -0.39 is 5.91 Å². The van der Waals surface area contributed by atoms with Gasteiger partial charge in [0, 0.05) is 37.0 Å². The number of carbonyl (C=O) groups is 2. The van der Waals surface area contributed by atoms with Gasteiger partial charge in [0.25, 0.3) is 5.91 Å². The van der Waals surface area contributed by atoms with Crippen molar-refractivity contribution in [3.05, 3.63) is 70.2 Å². The normalized spacial score (nSPS) is 14.1. The second-order valence-electron chi connectivity index (χ2n) is 12.6. The Labute approximate surface area is 307 Å². The molecule has 5 rings (SSSR count). The maximum Gasteiger partial charge on any atom is 0.257 e. The lowest BCUT2D eigenvalue weighted by Crippen LogP contribution is -2.36. The van der Waals surface area contributed by atoms with Crippen molar-refractivity contribution in [2.75, 3.05) is 36.1 Å². The van der Waals surface area contributed by atoms with E-state index in [1.54, 1.807) is 37.4 Å². The minimum Gasteiger partial charge on any atom is -0.440 e. The van der Waals surface area contributed by atoms with Crippen LogP contribution in [0.2, 0.25) is 0 Å². The van der Waals surface area contributed by atoms with E-state index >= 15 is 0 Å². The van der Waals surface area contributed by atoms with Crippen LogP contribution in [0.3, 0.4) is 0 Å². The summed E-state index contributed by atoms with van der Waals surface area (Å²) in [4.78, 5) is 49.2. The Morgan fingerprint density at radius 2 is 1.71 bits per heavy atom. The van der Waals surface area contributed by atoms with Crippen LogP contribution >= 0.6 is 0 Å². The highest BCUT2D eigenvalue weighted by molar-refractivity contribution is 6.06. The topological polar surface area (TPSA) is 106 Å². The molecule has 9 nitrogen and oxygen atoms in total. The van der Waals surface area contributed by atoms with Crippen molar-refractivity contribution in [2.24, 2.45) is 11.8 Å². The van der Waals surface area contributed by atoms with E-state index in [0.29, 0.717) is 72.1 Å². The Balaban J connectivity index is 0.000000730. The van der Waals surface area contributed by atoms with Gasteiger partial charge in [-0.1, -0.05) is 107 Å². The van der Waals surface area contributed by atoms with Gasteiger partial charge < -0.3 is 14.1 Å². The molecule has 3 aromatic rings. The van der Waals surface area contributed by atoms with Crippen LogP contribution in [0.1, 0.15) is 119 Å². The summed E-state index contributed by atoms with van der Waals surface area (Å²) in [6.07, 6.45) is 14.1. The minimum absolute atomic E-state index is 0.142. The SMILES string of the molecule is C=CC(=O)N(c1ccc2c(=O)cc(N3CCOCC3)oc2c1)c1ncc(/C=C(/C=O)CCC)c(C)n1.CC.CC.CC1CCCC1.CCC(C)C. The van der Waals surface area contributed by atoms with Gasteiger partial charge in [0.15, 0.2) is 11.3 Å². The molecule has 3 heterocycles. The molecule has 0 N–H and O–H groups in total. The summed E-state index contributed by atoms with van der Waals surface area (Å²) in [5, 5.41) is 0.400. The van der Waals surface area contributed by atoms with Crippen LogP contribution in [0.15, 0.2) is 57.9 Å². The maximum absolute atomic E-state index is 12.9. The molecule has 282 valence electrons. The summed E-state index contributed by atoms with van der Waals surface area (Å²) in [6, 6.07) is 6.37. The van der Waals surface area contributed by atoms with Gasteiger partial charge in [-0.25, -0.2) is 14.9 Å². The minimum atomic E-state index is -0.441. The predicted octanol–water partition coefficient (Wildman–Crippen LogP) is 10.3. The lowest BCUT2D eigenvalue weighted by Gasteiger charge is -2.27. The monoisotopic (exact) mass is 704 g/mol.